The smallest absolute Gasteiger partial charge is 0.339 e. The van der Waals surface area contributed by atoms with Crippen LogP contribution in [-0.4, -0.2) is 16.0 Å². The Hall–Kier alpha value is -2.41. The average molecular weight is 352 g/mol. The number of hydrogen-bond donors (Lipinski definition) is 1. The van der Waals surface area contributed by atoms with E-state index in [1.165, 1.54) is 18.2 Å². The van der Waals surface area contributed by atoms with Gasteiger partial charge in [-0.1, -0.05) is 18.2 Å². The number of para-hydroxylation sites is 1. The second kappa shape index (κ2) is 6.36. The van der Waals surface area contributed by atoms with Gasteiger partial charge in [-0.25, -0.2) is 4.79 Å². The monoisotopic (exact) mass is 351 g/mol. The fraction of sp³-hybridized carbons (Fsp3) is 0.0714. The van der Waals surface area contributed by atoms with Crippen molar-refractivity contribution in [3.05, 3.63) is 68.2 Å². The summed E-state index contributed by atoms with van der Waals surface area (Å²) >= 11 is 3.23. The van der Waals surface area contributed by atoms with Gasteiger partial charge < -0.3 is 9.84 Å². The molecule has 0 atom stereocenters. The van der Waals surface area contributed by atoms with Crippen LogP contribution in [0.5, 0.6) is 5.75 Å². The lowest BCUT2D eigenvalue weighted by molar-refractivity contribution is -0.384. The van der Waals surface area contributed by atoms with E-state index in [4.69, 9.17) is 9.84 Å². The molecule has 0 unspecified atom stereocenters. The van der Waals surface area contributed by atoms with Gasteiger partial charge in [0.1, 0.15) is 17.9 Å². The van der Waals surface area contributed by atoms with E-state index in [0.29, 0.717) is 10.0 Å². The predicted molar refractivity (Wildman–Crippen MR) is 78.5 cm³/mol. The molecular weight excluding hydrogens is 342 g/mol. The molecule has 6 nitrogen and oxygen atoms in total. The van der Waals surface area contributed by atoms with Gasteiger partial charge in [-0.15, -0.1) is 0 Å². The number of nitro benzene ring substituents is 1. The highest BCUT2D eigenvalue weighted by molar-refractivity contribution is 9.10. The Balaban J connectivity index is 2.22. The quantitative estimate of drug-likeness (QED) is 0.656. The van der Waals surface area contributed by atoms with Gasteiger partial charge in [0, 0.05) is 12.1 Å². The summed E-state index contributed by atoms with van der Waals surface area (Å²) in [6.07, 6.45) is 0. The Morgan fingerprint density at radius 3 is 2.67 bits per heavy atom. The van der Waals surface area contributed by atoms with Gasteiger partial charge in [0.05, 0.1) is 9.40 Å². The lowest BCUT2D eigenvalue weighted by Gasteiger charge is -2.11. The van der Waals surface area contributed by atoms with Crippen LogP contribution >= 0.6 is 15.9 Å². The van der Waals surface area contributed by atoms with Crippen molar-refractivity contribution in [1.29, 1.82) is 0 Å². The zero-order valence-electron chi connectivity index (χ0n) is 10.7. The van der Waals surface area contributed by atoms with Crippen molar-refractivity contribution >= 4 is 27.6 Å². The van der Waals surface area contributed by atoms with Crippen molar-refractivity contribution in [2.75, 3.05) is 0 Å². The van der Waals surface area contributed by atoms with Crippen LogP contribution in [0.15, 0.2) is 46.9 Å². The molecule has 0 aliphatic carbocycles. The zero-order valence-corrected chi connectivity index (χ0v) is 12.2. The molecule has 0 aliphatic heterocycles. The summed E-state index contributed by atoms with van der Waals surface area (Å²) in [5.41, 5.74) is 0.563. The second-order valence-electron chi connectivity index (χ2n) is 4.14. The second-order valence-corrected chi connectivity index (χ2v) is 4.99. The summed E-state index contributed by atoms with van der Waals surface area (Å²) in [7, 11) is 0. The lowest BCUT2D eigenvalue weighted by atomic mass is 10.2. The van der Waals surface area contributed by atoms with Gasteiger partial charge in [0.25, 0.3) is 5.69 Å². The number of non-ortho nitro benzene ring substituents is 1. The Bertz CT molecular complexity index is 702. The maximum Gasteiger partial charge on any atom is 0.339 e. The predicted octanol–water partition coefficient (Wildman–Crippen LogP) is 3.63. The van der Waals surface area contributed by atoms with Crippen LogP contribution in [0.2, 0.25) is 0 Å². The van der Waals surface area contributed by atoms with Crippen molar-refractivity contribution < 1.29 is 19.6 Å². The van der Waals surface area contributed by atoms with E-state index < -0.39 is 10.9 Å². The van der Waals surface area contributed by atoms with E-state index in [-0.39, 0.29) is 23.6 Å². The number of rotatable bonds is 5. The van der Waals surface area contributed by atoms with Crippen molar-refractivity contribution in [2.45, 2.75) is 6.61 Å². The van der Waals surface area contributed by atoms with Crippen molar-refractivity contribution in [2.24, 2.45) is 0 Å². The molecule has 0 fully saturated rings. The molecule has 2 aromatic carbocycles. The van der Waals surface area contributed by atoms with Crippen LogP contribution in [0, 0.1) is 10.1 Å². The molecule has 2 aromatic rings. The molecule has 0 radical (unpaired) electrons. The molecule has 0 heterocycles. The summed E-state index contributed by atoms with van der Waals surface area (Å²) < 4.78 is 6.01. The van der Waals surface area contributed by atoms with E-state index in [1.807, 2.05) is 0 Å². The molecule has 1 N–H and O–H groups in total. The van der Waals surface area contributed by atoms with E-state index in [0.717, 1.165) is 0 Å². The van der Waals surface area contributed by atoms with Crippen LogP contribution in [0.1, 0.15) is 15.9 Å². The summed E-state index contributed by atoms with van der Waals surface area (Å²) in [6, 6.07) is 10.7. The summed E-state index contributed by atoms with van der Waals surface area (Å²) in [4.78, 5) is 21.3. The first-order chi connectivity index (χ1) is 9.99. The summed E-state index contributed by atoms with van der Waals surface area (Å²) in [5.74, 6) is -0.915. The maximum atomic E-state index is 11.1. The third kappa shape index (κ3) is 3.57. The Labute approximate surface area is 128 Å². The van der Waals surface area contributed by atoms with Crippen molar-refractivity contribution in [1.82, 2.24) is 0 Å². The number of ether oxygens (including phenoxy) is 1. The number of benzene rings is 2. The highest BCUT2D eigenvalue weighted by Gasteiger charge is 2.15. The van der Waals surface area contributed by atoms with Gasteiger partial charge in [-0.3, -0.25) is 10.1 Å². The molecule has 0 aromatic heterocycles. The molecule has 0 amide bonds. The Morgan fingerprint density at radius 2 is 2.00 bits per heavy atom. The number of carboxylic acid groups (broad SMARTS) is 1. The number of aromatic carboxylic acids is 1. The molecule has 2 rings (SSSR count). The molecule has 0 bridgehead atoms. The normalized spacial score (nSPS) is 10.1. The molecule has 0 spiro atoms. The SMILES string of the molecule is O=C(O)c1cccc(Br)c1OCc1cccc([N+](=O)[O-])c1. The highest BCUT2D eigenvalue weighted by atomic mass is 79.9. The highest BCUT2D eigenvalue weighted by Crippen LogP contribution is 2.30. The number of hydrogen-bond acceptors (Lipinski definition) is 4. The molecule has 108 valence electrons. The van der Waals surface area contributed by atoms with Gasteiger partial charge >= 0.3 is 5.97 Å². The minimum atomic E-state index is -1.11. The first kappa shape index (κ1) is 15.0. The third-order valence-corrected chi connectivity index (χ3v) is 3.33. The fourth-order valence-electron chi connectivity index (χ4n) is 1.74. The molecule has 0 aliphatic rings. The van der Waals surface area contributed by atoms with E-state index in [2.05, 4.69) is 15.9 Å². The number of nitrogens with zero attached hydrogens (tertiary/aromatic N) is 1. The Morgan fingerprint density at radius 1 is 1.29 bits per heavy atom. The minimum absolute atomic E-state index is 0.0230. The van der Waals surface area contributed by atoms with Gasteiger partial charge in [-0.2, -0.15) is 0 Å². The number of carboxylic acids is 1. The van der Waals surface area contributed by atoms with E-state index >= 15 is 0 Å². The number of carbonyl (C=O) groups is 1. The third-order valence-electron chi connectivity index (χ3n) is 2.70. The average Bonchev–Trinajstić information content (AvgIpc) is 2.46. The van der Waals surface area contributed by atoms with E-state index in [9.17, 15) is 14.9 Å². The molecule has 0 saturated carbocycles. The van der Waals surface area contributed by atoms with E-state index in [1.54, 1.807) is 24.3 Å². The number of nitro groups is 1. The van der Waals surface area contributed by atoms with Crippen molar-refractivity contribution in [3.8, 4) is 5.75 Å². The lowest BCUT2D eigenvalue weighted by Crippen LogP contribution is -2.04. The largest absolute Gasteiger partial charge is 0.487 e. The summed E-state index contributed by atoms with van der Waals surface area (Å²) in [6.45, 7) is 0.0323. The van der Waals surface area contributed by atoms with Crippen LogP contribution in [0.4, 0.5) is 5.69 Å². The van der Waals surface area contributed by atoms with Gasteiger partial charge in [-0.05, 0) is 33.6 Å². The van der Waals surface area contributed by atoms with Crippen LogP contribution in [-0.2, 0) is 6.61 Å². The minimum Gasteiger partial charge on any atom is -0.487 e. The molecular formula is C14H10BrNO5. The zero-order chi connectivity index (χ0) is 15.4. The van der Waals surface area contributed by atoms with Gasteiger partial charge in [0.15, 0.2) is 0 Å². The standard InChI is InChI=1S/C14H10BrNO5/c15-12-6-2-5-11(14(17)18)13(12)21-8-9-3-1-4-10(7-9)16(19)20/h1-7H,8H2,(H,17,18). The van der Waals surface area contributed by atoms with Gasteiger partial charge in [0.2, 0.25) is 0 Å². The molecule has 7 heteroatoms. The first-order valence-corrected chi connectivity index (χ1v) is 6.66. The topological polar surface area (TPSA) is 89.7 Å². The summed E-state index contributed by atoms with van der Waals surface area (Å²) in [5, 5.41) is 19.8. The van der Waals surface area contributed by atoms with Crippen LogP contribution in [0.3, 0.4) is 0 Å². The maximum absolute atomic E-state index is 11.1. The van der Waals surface area contributed by atoms with Crippen LogP contribution < -0.4 is 4.74 Å². The van der Waals surface area contributed by atoms with Crippen LogP contribution in [0.25, 0.3) is 0 Å². The molecule has 21 heavy (non-hydrogen) atoms. The fourth-order valence-corrected chi connectivity index (χ4v) is 2.22. The van der Waals surface area contributed by atoms with Crippen molar-refractivity contribution in [3.63, 3.8) is 0 Å². The molecule has 0 saturated heterocycles. The number of halogens is 1. The first-order valence-electron chi connectivity index (χ1n) is 5.87. The Kier molecular flexibility index (Phi) is 4.54.